The third kappa shape index (κ3) is 3.70. The molecule has 1 aromatic heterocycles. The third-order valence-corrected chi connectivity index (χ3v) is 2.79. The molecule has 0 radical (unpaired) electrons. The number of ether oxygens (including phenoxy) is 2. The molecule has 0 unspecified atom stereocenters. The third-order valence-electron chi connectivity index (χ3n) is 2.79. The van der Waals surface area contributed by atoms with Gasteiger partial charge < -0.3 is 20.1 Å². The highest BCUT2D eigenvalue weighted by molar-refractivity contribution is 5.92. The Labute approximate surface area is 116 Å². The fourth-order valence-corrected chi connectivity index (χ4v) is 1.78. The number of fused-ring (bicyclic) bond motifs is 1. The zero-order valence-corrected chi connectivity index (χ0v) is 11.3. The summed E-state index contributed by atoms with van der Waals surface area (Å²) in [6.07, 6.45) is 0.222. The van der Waals surface area contributed by atoms with E-state index in [1.807, 2.05) is 0 Å². The summed E-state index contributed by atoms with van der Waals surface area (Å²) in [5, 5.41) is 9.43. The van der Waals surface area contributed by atoms with Gasteiger partial charge in [0, 0.05) is 32.7 Å². The molecule has 1 aliphatic rings. The quantitative estimate of drug-likeness (QED) is 0.636. The van der Waals surface area contributed by atoms with Crippen LogP contribution in [0.25, 0.3) is 0 Å². The van der Waals surface area contributed by atoms with E-state index in [9.17, 15) is 9.59 Å². The zero-order valence-electron chi connectivity index (χ0n) is 11.3. The van der Waals surface area contributed by atoms with Crippen molar-refractivity contribution in [3.8, 4) is 5.88 Å². The van der Waals surface area contributed by atoms with Crippen molar-refractivity contribution < 1.29 is 19.1 Å². The van der Waals surface area contributed by atoms with Crippen molar-refractivity contribution in [2.24, 2.45) is 0 Å². The van der Waals surface area contributed by atoms with Crippen molar-refractivity contribution in [3.05, 3.63) is 11.8 Å². The summed E-state index contributed by atoms with van der Waals surface area (Å²) in [5.74, 6) is 0.172. The molecule has 0 fully saturated rings. The van der Waals surface area contributed by atoms with Crippen LogP contribution in [0.3, 0.4) is 0 Å². The van der Waals surface area contributed by atoms with Gasteiger partial charge in [-0.3, -0.25) is 9.59 Å². The molecule has 1 aliphatic heterocycles. The maximum atomic E-state index is 11.8. The number of methoxy groups -OCH3 is 1. The molecule has 2 heterocycles. The number of hydrogen-bond acceptors (Lipinski definition) is 5. The molecule has 0 saturated carbocycles. The topological polar surface area (TPSA) is 94.5 Å². The van der Waals surface area contributed by atoms with Crippen LogP contribution in [0.1, 0.15) is 16.9 Å². The summed E-state index contributed by atoms with van der Waals surface area (Å²) < 4.78 is 11.7. The lowest BCUT2D eigenvalue weighted by molar-refractivity contribution is -0.121. The normalized spacial score (nSPS) is 12.7. The van der Waals surface area contributed by atoms with Gasteiger partial charge in [0.2, 0.25) is 11.8 Å². The van der Waals surface area contributed by atoms with Crippen LogP contribution in [0.5, 0.6) is 5.88 Å². The Morgan fingerprint density at radius 3 is 3.05 bits per heavy atom. The minimum absolute atomic E-state index is 0.127. The van der Waals surface area contributed by atoms with Gasteiger partial charge in [-0.25, -0.2) is 4.68 Å². The Morgan fingerprint density at radius 1 is 1.45 bits per heavy atom. The van der Waals surface area contributed by atoms with E-state index in [0.29, 0.717) is 37.9 Å². The molecule has 8 heteroatoms. The van der Waals surface area contributed by atoms with Crippen molar-refractivity contribution in [3.63, 3.8) is 0 Å². The maximum Gasteiger partial charge on any atom is 0.271 e. The highest BCUT2D eigenvalue weighted by atomic mass is 16.5. The Balaban J connectivity index is 1.68. The number of carbonyl (C=O) groups excluding carboxylic acids is 2. The second-order valence-electron chi connectivity index (χ2n) is 4.29. The summed E-state index contributed by atoms with van der Waals surface area (Å²) in [6, 6.07) is 1.60. The van der Waals surface area contributed by atoms with Gasteiger partial charge in [-0.05, 0) is 0 Å². The Kier molecular flexibility index (Phi) is 4.94. The second kappa shape index (κ2) is 6.90. The summed E-state index contributed by atoms with van der Waals surface area (Å²) in [4.78, 5) is 23.2. The highest BCUT2D eigenvalue weighted by Gasteiger charge is 2.18. The zero-order chi connectivity index (χ0) is 14.4. The average Bonchev–Trinajstić information content (AvgIpc) is 2.99. The van der Waals surface area contributed by atoms with Gasteiger partial charge >= 0.3 is 0 Å². The number of hydrogen-bond donors (Lipinski definition) is 2. The predicted molar refractivity (Wildman–Crippen MR) is 69.6 cm³/mol. The lowest BCUT2D eigenvalue weighted by Crippen LogP contribution is -2.32. The van der Waals surface area contributed by atoms with E-state index in [0.717, 1.165) is 0 Å². The number of nitrogens with one attached hydrogen (secondary N) is 2. The van der Waals surface area contributed by atoms with Crippen molar-refractivity contribution in [1.29, 1.82) is 0 Å². The van der Waals surface area contributed by atoms with Crippen LogP contribution in [-0.2, 0) is 16.1 Å². The molecule has 0 saturated heterocycles. The summed E-state index contributed by atoms with van der Waals surface area (Å²) >= 11 is 0. The van der Waals surface area contributed by atoms with Crippen LogP contribution in [0.4, 0.5) is 0 Å². The molecule has 1 aromatic rings. The Bertz CT molecular complexity index is 464. The second-order valence-corrected chi connectivity index (χ2v) is 4.29. The fourth-order valence-electron chi connectivity index (χ4n) is 1.78. The molecule has 20 heavy (non-hydrogen) atoms. The molecular formula is C12H18N4O4. The van der Waals surface area contributed by atoms with Gasteiger partial charge in [0.1, 0.15) is 6.61 Å². The minimum Gasteiger partial charge on any atom is -0.476 e. The average molecular weight is 282 g/mol. The molecular weight excluding hydrogens is 264 g/mol. The van der Waals surface area contributed by atoms with Crippen molar-refractivity contribution in [2.45, 2.75) is 13.0 Å². The first kappa shape index (κ1) is 14.3. The molecule has 8 nitrogen and oxygen atoms in total. The predicted octanol–water partition coefficient (Wildman–Crippen LogP) is -0.842. The van der Waals surface area contributed by atoms with E-state index in [2.05, 4.69) is 15.7 Å². The molecule has 0 bridgehead atoms. The first-order valence-corrected chi connectivity index (χ1v) is 6.45. The van der Waals surface area contributed by atoms with Gasteiger partial charge in [0.15, 0.2) is 5.69 Å². The molecule has 2 N–H and O–H groups in total. The SMILES string of the molecule is COCCNC(=O)CCNC(=O)c1cc2n(n1)CCO2. The number of nitrogens with zero attached hydrogens (tertiary/aromatic N) is 2. The molecule has 0 aromatic carbocycles. The lowest BCUT2D eigenvalue weighted by atomic mass is 10.3. The number of carbonyl (C=O) groups is 2. The van der Waals surface area contributed by atoms with E-state index < -0.39 is 0 Å². The Morgan fingerprint density at radius 2 is 2.30 bits per heavy atom. The minimum atomic E-state index is -0.305. The van der Waals surface area contributed by atoms with Crippen LogP contribution in [0.15, 0.2) is 6.07 Å². The van der Waals surface area contributed by atoms with E-state index >= 15 is 0 Å². The number of rotatable bonds is 7. The van der Waals surface area contributed by atoms with Crippen molar-refractivity contribution in [1.82, 2.24) is 20.4 Å². The molecule has 2 rings (SSSR count). The summed E-state index contributed by atoms with van der Waals surface area (Å²) in [7, 11) is 1.57. The first-order chi connectivity index (χ1) is 9.70. The molecule has 2 amide bonds. The number of aromatic nitrogens is 2. The van der Waals surface area contributed by atoms with Gasteiger partial charge in [0.25, 0.3) is 5.91 Å². The van der Waals surface area contributed by atoms with Crippen LogP contribution in [0, 0.1) is 0 Å². The van der Waals surface area contributed by atoms with Crippen LogP contribution >= 0.6 is 0 Å². The monoisotopic (exact) mass is 282 g/mol. The fraction of sp³-hybridized carbons (Fsp3) is 0.583. The van der Waals surface area contributed by atoms with Gasteiger partial charge in [0.05, 0.1) is 13.2 Å². The van der Waals surface area contributed by atoms with Crippen molar-refractivity contribution >= 4 is 11.8 Å². The van der Waals surface area contributed by atoms with Crippen LogP contribution in [-0.4, -0.2) is 55.0 Å². The van der Waals surface area contributed by atoms with Gasteiger partial charge in [-0.2, -0.15) is 5.10 Å². The standard InChI is InChI=1S/C12H18N4O4/c1-19-6-4-13-10(17)2-3-14-12(18)9-8-11-16(15-9)5-7-20-11/h8H,2-7H2,1H3,(H,13,17)(H,14,18). The first-order valence-electron chi connectivity index (χ1n) is 6.45. The van der Waals surface area contributed by atoms with E-state index in [4.69, 9.17) is 9.47 Å². The smallest absolute Gasteiger partial charge is 0.271 e. The molecule has 0 spiro atoms. The van der Waals surface area contributed by atoms with Crippen LogP contribution < -0.4 is 15.4 Å². The molecule has 0 aliphatic carbocycles. The maximum absolute atomic E-state index is 11.8. The Hall–Kier alpha value is -2.09. The summed E-state index contributed by atoms with van der Waals surface area (Å²) in [6.45, 7) is 2.45. The van der Waals surface area contributed by atoms with Gasteiger partial charge in [-0.15, -0.1) is 0 Å². The largest absolute Gasteiger partial charge is 0.476 e. The van der Waals surface area contributed by atoms with E-state index in [-0.39, 0.29) is 24.8 Å². The highest BCUT2D eigenvalue weighted by Crippen LogP contribution is 2.18. The van der Waals surface area contributed by atoms with Crippen molar-refractivity contribution in [2.75, 3.05) is 33.4 Å². The lowest BCUT2D eigenvalue weighted by Gasteiger charge is -2.05. The molecule has 110 valence electrons. The van der Waals surface area contributed by atoms with E-state index in [1.165, 1.54) is 0 Å². The number of amides is 2. The van der Waals surface area contributed by atoms with E-state index in [1.54, 1.807) is 17.9 Å². The van der Waals surface area contributed by atoms with Crippen LogP contribution in [0.2, 0.25) is 0 Å². The van der Waals surface area contributed by atoms with Gasteiger partial charge in [-0.1, -0.05) is 0 Å². The molecule has 0 atom stereocenters. The summed E-state index contributed by atoms with van der Waals surface area (Å²) in [5.41, 5.74) is 0.305.